The number of aryl methyl sites for hydroxylation is 2. The topological polar surface area (TPSA) is 129 Å². The van der Waals surface area contributed by atoms with Gasteiger partial charge in [-0.05, 0) is 204 Å². The van der Waals surface area contributed by atoms with Gasteiger partial charge in [0, 0.05) is 59.0 Å². The highest BCUT2D eigenvalue weighted by Gasteiger charge is 2.43. The van der Waals surface area contributed by atoms with Crippen molar-refractivity contribution in [2.75, 3.05) is 9.80 Å². The first-order valence-electron chi connectivity index (χ1n) is 32.7. The first-order chi connectivity index (χ1) is 45.4. The Hall–Kier alpha value is -9.84. The molecule has 10 aromatic rings. The van der Waals surface area contributed by atoms with E-state index < -0.39 is 11.9 Å². The lowest BCUT2D eigenvalue weighted by Crippen LogP contribution is -2.25. The lowest BCUT2D eigenvalue weighted by atomic mass is 9.70. The number of nitriles is 2. The van der Waals surface area contributed by atoms with Gasteiger partial charge in [-0.1, -0.05) is 199 Å². The van der Waals surface area contributed by atoms with Gasteiger partial charge in [-0.25, -0.2) is 9.59 Å². The number of aliphatic carboxylic acids is 2. The number of unbranched alkanes of at least 4 members (excludes halogenated alkanes) is 10. The zero-order valence-corrected chi connectivity index (χ0v) is 55.1. The van der Waals surface area contributed by atoms with E-state index in [0.29, 0.717) is 9.75 Å². The Kier molecular flexibility index (Phi) is 20.9. The number of carboxylic acids is 2. The van der Waals surface area contributed by atoms with E-state index in [2.05, 4.69) is 219 Å². The largest absolute Gasteiger partial charge is 0.477 e. The van der Waals surface area contributed by atoms with Crippen LogP contribution < -0.4 is 9.80 Å². The fourth-order valence-corrected chi connectivity index (χ4v) is 15.0. The van der Waals surface area contributed by atoms with E-state index in [0.717, 1.165) is 67.8 Å². The fourth-order valence-electron chi connectivity index (χ4n) is 13.1. The van der Waals surface area contributed by atoms with Gasteiger partial charge < -0.3 is 20.0 Å². The third-order valence-electron chi connectivity index (χ3n) is 18.1. The molecule has 8 nitrogen and oxygen atoms in total. The lowest BCUT2D eigenvalue weighted by Gasteiger charge is -2.33. The van der Waals surface area contributed by atoms with Gasteiger partial charge in [0.05, 0.1) is 0 Å². The number of fused-ring (bicyclic) bond motifs is 3. The summed E-state index contributed by atoms with van der Waals surface area (Å²) in [5, 5.41) is 37.6. The lowest BCUT2D eigenvalue weighted by molar-refractivity contribution is -0.133. The molecule has 0 unspecified atom stereocenters. The fraction of sp³-hybridized carbons (Fsp3) is 0.229. The van der Waals surface area contributed by atoms with Gasteiger partial charge in [-0.3, -0.25) is 0 Å². The molecule has 0 amide bonds. The van der Waals surface area contributed by atoms with Crippen molar-refractivity contribution in [1.82, 2.24) is 0 Å². The summed E-state index contributed by atoms with van der Waals surface area (Å²) in [6.07, 6.45) is 19.9. The predicted molar refractivity (Wildman–Crippen MR) is 387 cm³/mol. The number of anilines is 6. The molecule has 1 aliphatic carbocycles. The Balaban J connectivity index is 0.921. The molecule has 0 saturated heterocycles. The Morgan fingerprint density at radius 2 is 0.699 bits per heavy atom. The molecule has 0 radical (unpaired) electrons. The molecule has 0 fully saturated rings. The summed E-state index contributed by atoms with van der Waals surface area (Å²) in [5.41, 5.74) is 20.2. The second-order valence-corrected chi connectivity index (χ2v) is 26.8. The summed E-state index contributed by atoms with van der Waals surface area (Å²) in [6.45, 7) is 8.81. The first-order valence-corrected chi connectivity index (χ1v) is 34.3. The molecular weight excluding hydrogens is 1180 g/mol. The molecule has 0 atom stereocenters. The molecule has 0 aliphatic heterocycles. The minimum atomic E-state index is -1.24. The third kappa shape index (κ3) is 14.9. The van der Waals surface area contributed by atoms with Crippen LogP contribution in [0.3, 0.4) is 0 Å². The van der Waals surface area contributed by atoms with Gasteiger partial charge in [0.1, 0.15) is 23.3 Å². The standard InChI is InChI=1S/C83H78N4O4S2/c1-5-7-9-11-13-15-49-83(50-16-14-12-10-8-6-2)77-53-63(59-21-35-69(36-22-59)86(67-31-17-57(3)18-32-67)71-39-25-61(26-40-71)79-47-43-73(92-79)51-65(55-84)81(88)89)29-45-75(77)76-46-30-64(54-78(76)83)60-23-37-70(38-24-60)87(68-33-19-58(4)20-34-68)72-41-27-62(28-42-72)80-48-44-74(93-80)52-66(56-85)82(90)91/h17-48,51-54H,5-16,49-50H2,1-4H3,(H,88,89)(H,90,91)/b65-51-,66-52-. The van der Waals surface area contributed by atoms with Gasteiger partial charge in [-0.2, -0.15) is 10.5 Å². The van der Waals surface area contributed by atoms with E-state index in [9.17, 15) is 30.3 Å². The molecule has 10 heteroatoms. The van der Waals surface area contributed by atoms with Gasteiger partial charge in [-0.15, -0.1) is 22.7 Å². The molecule has 93 heavy (non-hydrogen) atoms. The molecule has 2 heterocycles. The van der Waals surface area contributed by atoms with Crippen LogP contribution in [0.2, 0.25) is 0 Å². The van der Waals surface area contributed by atoms with E-state index in [-0.39, 0.29) is 16.6 Å². The second kappa shape index (κ2) is 30.1. The zero-order valence-electron chi connectivity index (χ0n) is 53.5. The Morgan fingerprint density at radius 3 is 1.02 bits per heavy atom. The zero-order chi connectivity index (χ0) is 64.8. The van der Waals surface area contributed by atoms with Gasteiger partial charge in [0.15, 0.2) is 0 Å². The first kappa shape index (κ1) is 64.7. The summed E-state index contributed by atoms with van der Waals surface area (Å²) in [7, 11) is 0. The minimum Gasteiger partial charge on any atom is -0.477 e. The number of carboxylic acid groups (broad SMARTS) is 2. The minimum absolute atomic E-state index is 0.159. The molecule has 0 saturated carbocycles. The maximum Gasteiger partial charge on any atom is 0.346 e. The summed E-state index contributed by atoms with van der Waals surface area (Å²) in [5.74, 6) is -2.47. The molecule has 466 valence electrons. The smallest absolute Gasteiger partial charge is 0.346 e. The molecule has 11 rings (SSSR count). The number of nitrogens with zero attached hydrogens (tertiary/aromatic N) is 4. The van der Waals surface area contributed by atoms with Crippen LogP contribution in [-0.2, 0) is 15.0 Å². The van der Waals surface area contributed by atoms with E-state index >= 15 is 0 Å². The number of benzene rings is 8. The average Bonchev–Trinajstić information content (AvgIpc) is 1.57. The SMILES string of the molecule is CCCCCCCCC1(CCCCCCCC)c2cc(-c3ccc(N(c4ccc(C)cc4)c4ccc(-c5ccc(/C=C(/C#N)C(=O)O)s5)cc4)cc3)ccc2-c2ccc(-c3ccc(N(c4ccc(C)cc4)c4ccc(-c5ccc(/C=C(/C#N)C(=O)O)s5)cc4)cc3)cc21. The number of carbonyl (C=O) groups is 2. The van der Waals surface area contributed by atoms with Gasteiger partial charge >= 0.3 is 11.9 Å². The van der Waals surface area contributed by atoms with Crippen LogP contribution in [0.15, 0.2) is 217 Å². The van der Waals surface area contributed by atoms with E-state index in [1.165, 1.54) is 168 Å². The maximum atomic E-state index is 11.6. The molecular formula is C83H78N4O4S2. The average molecular weight is 1260 g/mol. The second-order valence-electron chi connectivity index (χ2n) is 24.5. The number of hydrogen-bond acceptors (Lipinski definition) is 8. The highest BCUT2D eigenvalue weighted by molar-refractivity contribution is 7.16. The number of hydrogen-bond donors (Lipinski definition) is 2. The summed E-state index contributed by atoms with van der Waals surface area (Å²) >= 11 is 2.91. The molecule has 2 N–H and O–H groups in total. The highest BCUT2D eigenvalue weighted by Crippen LogP contribution is 2.56. The Labute approximate surface area is 556 Å². The predicted octanol–water partition coefficient (Wildman–Crippen LogP) is 23.8. The van der Waals surface area contributed by atoms with Crippen molar-refractivity contribution in [2.24, 2.45) is 0 Å². The molecule has 0 bridgehead atoms. The van der Waals surface area contributed by atoms with Crippen LogP contribution in [0.25, 0.3) is 66.4 Å². The molecule has 8 aromatic carbocycles. The van der Waals surface area contributed by atoms with E-state index in [1.54, 1.807) is 12.1 Å². The monoisotopic (exact) mass is 1260 g/mol. The third-order valence-corrected chi connectivity index (χ3v) is 20.3. The van der Waals surface area contributed by atoms with Gasteiger partial charge in [0.25, 0.3) is 0 Å². The van der Waals surface area contributed by atoms with Crippen molar-refractivity contribution in [1.29, 1.82) is 10.5 Å². The Morgan fingerprint density at radius 1 is 0.398 bits per heavy atom. The molecule has 2 aromatic heterocycles. The quantitative estimate of drug-likeness (QED) is 0.0282. The maximum absolute atomic E-state index is 11.6. The number of thiophene rings is 2. The van der Waals surface area contributed by atoms with Crippen molar-refractivity contribution in [3.05, 3.63) is 249 Å². The van der Waals surface area contributed by atoms with Crippen LogP contribution in [0.4, 0.5) is 34.1 Å². The summed E-state index contributed by atoms with van der Waals surface area (Å²) in [4.78, 5) is 31.1. The van der Waals surface area contributed by atoms with Gasteiger partial charge in [0.2, 0.25) is 0 Å². The Bertz CT molecular complexity index is 4110. The summed E-state index contributed by atoms with van der Waals surface area (Å²) in [6, 6.07) is 78.1. The van der Waals surface area contributed by atoms with Crippen molar-refractivity contribution < 1.29 is 19.8 Å². The molecule has 1 aliphatic rings. The van der Waals surface area contributed by atoms with Crippen LogP contribution in [-0.4, -0.2) is 22.2 Å². The van der Waals surface area contributed by atoms with Crippen LogP contribution in [0.5, 0.6) is 0 Å². The van der Waals surface area contributed by atoms with Crippen molar-refractivity contribution >= 4 is 80.9 Å². The van der Waals surface area contributed by atoms with Crippen LogP contribution in [0.1, 0.15) is 136 Å². The van der Waals surface area contributed by atoms with Crippen LogP contribution in [0, 0.1) is 36.5 Å². The highest BCUT2D eigenvalue weighted by atomic mass is 32.1. The normalized spacial score (nSPS) is 12.4. The number of rotatable bonds is 28. The van der Waals surface area contributed by atoms with Crippen molar-refractivity contribution in [3.63, 3.8) is 0 Å². The van der Waals surface area contributed by atoms with Crippen molar-refractivity contribution in [3.8, 4) is 66.4 Å². The van der Waals surface area contributed by atoms with E-state index in [1.807, 2.05) is 24.3 Å². The van der Waals surface area contributed by atoms with E-state index in [4.69, 9.17) is 0 Å². The molecule has 0 spiro atoms. The summed E-state index contributed by atoms with van der Waals surface area (Å²) < 4.78 is 0. The van der Waals surface area contributed by atoms with Crippen LogP contribution >= 0.6 is 22.7 Å². The van der Waals surface area contributed by atoms with Crippen molar-refractivity contribution in [2.45, 2.75) is 123 Å².